The smallest absolute Gasteiger partial charge is 0.211 e. The molecule has 1 aliphatic heterocycles. The molecule has 0 unspecified atom stereocenters. The SMILES string of the molecule is Cc1c(O)c(/C=N/N=C(N)N)c(C)c2c1CC(C)(C)O2. The Labute approximate surface area is 118 Å². The summed E-state index contributed by atoms with van der Waals surface area (Å²) in [4.78, 5) is 0. The van der Waals surface area contributed by atoms with Gasteiger partial charge in [0.25, 0.3) is 0 Å². The van der Waals surface area contributed by atoms with Crippen LogP contribution in [-0.4, -0.2) is 22.9 Å². The Balaban J connectivity index is 2.55. The molecule has 6 heteroatoms. The summed E-state index contributed by atoms with van der Waals surface area (Å²) >= 11 is 0. The van der Waals surface area contributed by atoms with E-state index in [1.165, 1.54) is 6.21 Å². The van der Waals surface area contributed by atoms with Crippen LogP contribution < -0.4 is 16.2 Å². The molecule has 0 aliphatic carbocycles. The van der Waals surface area contributed by atoms with Crippen molar-refractivity contribution in [1.82, 2.24) is 0 Å². The molecule has 0 atom stereocenters. The van der Waals surface area contributed by atoms with E-state index in [9.17, 15) is 5.11 Å². The summed E-state index contributed by atoms with van der Waals surface area (Å²) < 4.78 is 5.97. The van der Waals surface area contributed by atoms with E-state index in [1.807, 2.05) is 27.7 Å². The third kappa shape index (κ3) is 2.41. The topological polar surface area (TPSA) is 106 Å². The van der Waals surface area contributed by atoms with Crippen molar-refractivity contribution >= 4 is 12.2 Å². The number of fused-ring (bicyclic) bond motifs is 1. The summed E-state index contributed by atoms with van der Waals surface area (Å²) in [7, 11) is 0. The Morgan fingerprint density at radius 2 is 1.95 bits per heavy atom. The van der Waals surface area contributed by atoms with E-state index in [0.717, 1.165) is 28.9 Å². The molecule has 2 rings (SSSR count). The van der Waals surface area contributed by atoms with Gasteiger partial charge in [0, 0.05) is 23.1 Å². The van der Waals surface area contributed by atoms with E-state index in [0.29, 0.717) is 5.56 Å². The molecule has 20 heavy (non-hydrogen) atoms. The molecule has 0 spiro atoms. The number of aromatic hydroxyl groups is 1. The van der Waals surface area contributed by atoms with Crippen molar-refractivity contribution in [3.05, 3.63) is 22.3 Å². The first-order valence-corrected chi connectivity index (χ1v) is 6.39. The van der Waals surface area contributed by atoms with Crippen LogP contribution in [0.4, 0.5) is 0 Å². The molecule has 0 fully saturated rings. The van der Waals surface area contributed by atoms with Crippen LogP contribution in [-0.2, 0) is 6.42 Å². The lowest BCUT2D eigenvalue weighted by molar-refractivity contribution is 0.137. The molecule has 1 heterocycles. The fourth-order valence-corrected chi connectivity index (χ4v) is 2.44. The van der Waals surface area contributed by atoms with Gasteiger partial charge in [-0.3, -0.25) is 0 Å². The van der Waals surface area contributed by atoms with Gasteiger partial charge < -0.3 is 21.3 Å². The van der Waals surface area contributed by atoms with Crippen molar-refractivity contribution in [3.63, 3.8) is 0 Å². The minimum atomic E-state index is -0.264. The molecule has 0 radical (unpaired) electrons. The Hall–Kier alpha value is -2.24. The number of guanidine groups is 1. The molecule has 0 amide bonds. The second-order valence-corrected chi connectivity index (χ2v) is 5.63. The van der Waals surface area contributed by atoms with Crippen molar-refractivity contribution in [2.75, 3.05) is 0 Å². The van der Waals surface area contributed by atoms with Crippen LogP contribution in [0.3, 0.4) is 0 Å². The predicted molar refractivity (Wildman–Crippen MR) is 79.4 cm³/mol. The number of phenols is 1. The molecule has 108 valence electrons. The van der Waals surface area contributed by atoms with Crippen molar-refractivity contribution in [3.8, 4) is 11.5 Å². The zero-order valence-corrected chi connectivity index (χ0v) is 12.2. The molecule has 1 aliphatic rings. The number of nitrogens with two attached hydrogens (primary N) is 2. The number of rotatable bonds is 2. The van der Waals surface area contributed by atoms with Crippen LogP contribution in [0.15, 0.2) is 10.2 Å². The number of phenolic OH excluding ortho intramolecular Hbond substituents is 1. The number of benzene rings is 1. The van der Waals surface area contributed by atoms with Gasteiger partial charge in [-0.25, -0.2) is 0 Å². The van der Waals surface area contributed by atoms with Crippen LogP contribution in [0, 0.1) is 13.8 Å². The van der Waals surface area contributed by atoms with E-state index in [2.05, 4.69) is 10.2 Å². The maximum Gasteiger partial charge on any atom is 0.211 e. The average molecular weight is 276 g/mol. The molecular formula is C14H20N4O2. The summed E-state index contributed by atoms with van der Waals surface area (Å²) in [5.41, 5.74) is 13.4. The zero-order valence-electron chi connectivity index (χ0n) is 12.2. The van der Waals surface area contributed by atoms with Crippen molar-refractivity contribution in [2.45, 2.75) is 39.7 Å². The Bertz CT molecular complexity index is 614. The summed E-state index contributed by atoms with van der Waals surface area (Å²) in [5, 5.41) is 17.6. The van der Waals surface area contributed by atoms with Gasteiger partial charge in [0.1, 0.15) is 17.1 Å². The number of nitrogens with zero attached hydrogens (tertiary/aromatic N) is 2. The van der Waals surface area contributed by atoms with E-state index in [-0.39, 0.29) is 17.3 Å². The summed E-state index contributed by atoms with van der Waals surface area (Å²) in [6.45, 7) is 7.80. The normalized spacial score (nSPS) is 16.0. The van der Waals surface area contributed by atoms with Gasteiger partial charge in [0.15, 0.2) is 0 Å². The second-order valence-electron chi connectivity index (χ2n) is 5.63. The Morgan fingerprint density at radius 1 is 1.30 bits per heavy atom. The Morgan fingerprint density at radius 3 is 2.55 bits per heavy atom. The summed E-state index contributed by atoms with van der Waals surface area (Å²) in [6.07, 6.45) is 2.21. The van der Waals surface area contributed by atoms with Crippen molar-refractivity contribution in [1.29, 1.82) is 0 Å². The largest absolute Gasteiger partial charge is 0.507 e. The fourth-order valence-electron chi connectivity index (χ4n) is 2.44. The van der Waals surface area contributed by atoms with Crippen molar-refractivity contribution in [2.24, 2.45) is 21.7 Å². The third-order valence-electron chi connectivity index (χ3n) is 3.42. The van der Waals surface area contributed by atoms with Crippen molar-refractivity contribution < 1.29 is 9.84 Å². The monoisotopic (exact) mass is 276 g/mol. The molecule has 0 aromatic heterocycles. The van der Waals surface area contributed by atoms with E-state index < -0.39 is 0 Å². The first kappa shape index (κ1) is 14.2. The van der Waals surface area contributed by atoms with Gasteiger partial charge in [-0.2, -0.15) is 5.10 Å². The van der Waals surface area contributed by atoms with Gasteiger partial charge in [-0.15, -0.1) is 5.10 Å². The highest BCUT2D eigenvalue weighted by molar-refractivity contribution is 5.89. The molecule has 6 nitrogen and oxygen atoms in total. The summed E-state index contributed by atoms with van der Waals surface area (Å²) in [5.74, 6) is 0.877. The van der Waals surface area contributed by atoms with E-state index in [1.54, 1.807) is 0 Å². The molecule has 5 N–H and O–H groups in total. The first-order valence-electron chi connectivity index (χ1n) is 6.39. The number of hydrogen-bond donors (Lipinski definition) is 3. The lowest BCUT2D eigenvalue weighted by atomic mass is 9.93. The minimum Gasteiger partial charge on any atom is -0.507 e. The van der Waals surface area contributed by atoms with Gasteiger partial charge in [-0.05, 0) is 33.3 Å². The first-order chi connectivity index (χ1) is 9.23. The van der Waals surface area contributed by atoms with Gasteiger partial charge in [-0.1, -0.05) is 0 Å². The minimum absolute atomic E-state index is 0.131. The van der Waals surface area contributed by atoms with E-state index in [4.69, 9.17) is 16.2 Å². The van der Waals surface area contributed by atoms with Crippen LogP contribution >= 0.6 is 0 Å². The highest BCUT2D eigenvalue weighted by Crippen LogP contribution is 2.44. The average Bonchev–Trinajstić information content (AvgIpc) is 2.67. The van der Waals surface area contributed by atoms with Gasteiger partial charge in [0.05, 0.1) is 6.21 Å². The van der Waals surface area contributed by atoms with Crippen LogP contribution in [0.2, 0.25) is 0 Å². The van der Waals surface area contributed by atoms with Crippen LogP contribution in [0.5, 0.6) is 11.5 Å². The Kier molecular flexibility index (Phi) is 3.33. The van der Waals surface area contributed by atoms with E-state index >= 15 is 0 Å². The lowest BCUT2D eigenvalue weighted by Gasteiger charge is -2.18. The fraction of sp³-hybridized carbons (Fsp3) is 0.429. The van der Waals surface area contributed by atoms with Crippen LogP contribution in [0.25, 0.3) is 0 Å². The molecule has 0 bridgehead atoms. The lowest BCUT2D eigenvalue weighted by Crippen LogP contribution is -2.24. The van der Waals surface area contributed by atoms with Crippen LogP contribution in [0.1, 0.15) is 36.1 Å². The maximum absolute atomic E-state index is 10.3. The standard InChI is InChI=1S/C14H20N4O2/c1-7-9-5-14(3,4)20-12(9)8(2)10(11(7)19)6-17-18-13(15)16/h6,19H,5H2,1-4H3,(H4,15,16,18)/b17-6+. The summed E-state index contributed by atoms with van der Waals surface area (Å²) in [6, 6.07) is 0. The third-order valence-corrected chi connectivity index (χ3v) is 3.42. The molecule has 0 saturated carbocycles. The van der Waals surface area contributed by atoms with Gasteiger partial charge in [0.2, 0.25) is 5.96 Å². The van der Waals surface area contributed by atoms with Gasteiger partial charge >= 0.3 is 0 Å². The molecule has 1 aromatic carbocycles. The highest BCUT2D eigenvalue weighted by Gasteiger charge is 2.34. The number of hydrogen-bond acceptors (Lipinski definition) is 4. The molecule has 0 saturated heterocycles. The quantitative estimate of drug-likeness (QED) is 0.430. The maximum atomic E-state index is 10.3. The number of ether oxygens (including phenoxy) is 1. The highest BCUT2D eigenvalue weighted by atomic mass is 16.5. The second kappa shape index (κ2) is 4.70. The predicted octanol–water partition coefficient (Wildman–Crippen LogP) is 1.33. The molecular weight excluding hydrogens is 256 g/mol. The molecule has 1 aromatic rings. The zero-order chi connectivity index (χ0) is 15.1.